The number of anilines is 1. The Morgan fingerprint density at radius 3 is 2.28 bits per heavy atom. The van der Waals surface area contributed by atoms with E-state index in [2.05, 4.69) is 33.0 Å². The summed E-state index contributed by atoms with van der Waals surface area (Å²) < 4.78 is 0. The molecule has 1 saturated carbocycles. The zero-order valence-electron chi connectivity index (χ0n) is 11.2. The van der Waals surface area contributed by atoms with Gasteiger partial charge in [-0.25, -0.2) is 0 Å². The van der Waals surface area contributed by atoms with Gasteiger partial charge in [-0.2, -0.15) is 0 Å². The van der Waals surface area contributed by atoms with Crippen LogP contribution in [-0.2, 0) is 0 Å². The van der Waals surface area contributed by atoms with Gasteiger partial charge in [-0.05, 0) is 29.0 Å². The van der Waals surface area contributed by atoms with Crippen LogP contribution in [0.2, 0.25) is 5.02 Å². The van der Waals surface area contributed by atoms with Gasteiger partial charge in [0.25, 0.3) is 5.91 Å². The van der Waals surface area contributed by atoms with Crippen LogP contribution in [0.15, 0.2) is 18.2 Å². The topological polar surface area (TPSA) is 55.1 Å². The van der Waals surface area contributed by atoms with Crippen LogP contribution in [0, 0.1) is 10.8 Å². The molecule has 0 aliphatic heterocycles. The highest BCUT2D eigenvalue weighted by molar-refractivity contribution is 6.31. The Balaban J connectivity index is 2.15. The molecule has 0 unspecified atom stereocenters. The maximum atomic E-state index is 12.2. The molecule has 0 radical (unpaired) electrons. The Morgan fingerprint density at radius 1 is 1.28 bits per heavy atom. The number of carbonyl (C=O) groups is 1. The van der Waals surface area contributed by atoms with Crippen molar-refractivity contribution < 1.29 is 4.79 Å². The number of benzene rings is 1. The van der Waals surface area contributed by atoms with Crippen LogP contribution in [0.4, 0.5) is 5.69 Å². The first-order valence-corrected chi connectivity index (χ1v) is 6.41. The molecule has 3 nitrogen and oxygen atoms in total. The van der Waals surface area contributed by atoms with Gasteiger partial charge in [0, 0.05) is 16.8 Å². The normalized spacial score (nSPS) is 20.5. The van der Waals surface area contributed by atoms with E-state index in [1.54, 1.807) is 18.2 Å². The second-order valence-corrected chi connectivity index (χ2v) is 6.52. The van der Waals surface area contributed by atoms with Gasteiger partial charge >= 0.3 is 0 Å². The number of nitrogens with two attached hydrogens (primary N) is 1. The predicted octanol–water partition coefficient (Wildman–Crippen LogP) is 3.09. The van der Waals surface area contributed by atoms with E-state index in [9.17, 15) is 4.79 Å². The number of hydrogen-bond donors (Lipinski definition) is 2. The van der Waals surface area contributed by atoms with Crippen LogP contribution >= 0.6 is 11.6 Å². The lowest BCUT2D eigenvalue weighted by Crippen LogP contribution is -2.30. The maximum absolute atomic E-state index is 12.2. The van der Waals surface area contributed by atoms with Gasteiger partial charge in [0.15, 0.2) is 0 Å². The minimum Gasteiger partial charge on any atom is -0.398 e. The van der Waals surface area contributed by atoms with E-state index in [1.165, 1.54) is 0 Å². The molecule has 3 N–H and O–H groups in total. The van der Waals surface area contributed by atoms with Crippen LogP contribution in [0.1, 0.15) is 38.1 Å². The summed E-state index contributed by atoms with van der Waals surface area (Å²) in [5.41, 5.74) is 6.94. The monoisotopic (exact) mass is 266 g/mol. The molecule has 4 heteroatoms. The summed E-state index contributed by atoms with van der Waals surface area (Å²) in [6.45, 7) is 8.62. The molecule has 0 bridgehead atoms. The molecular formula is C14H19ClN2O. The Labute approximate surface area is 113 Å². The van der Waals surface area contributed by atoms with Crippen molar-refractivity contribution in [3.63, 3.8) is 0 Å². The largest absolute Gasteiger partial charge is 0.398 e. The van der Waals surface area contributed by atoms with Gasteiger partial charge < -0.3 is 11.1 Å². The molecule has 18 heavy (non-hydrogen) atoms. The maximum Gasteiger partial charge on any atom is 0.253 e. The second kappa shape index (κ2) is 3.89. The van der Waals surface area contributed by atoms with E-state index in [1.807, 2.05) is 0 Å². The molecule has 98 valence electrons. The van der Waals surface area contributed by atoms with Gasteiger partial charge in [-0.1, -0.05) is 39.3 Å². The highest BCUT2D eigenvalue weighted by Gasteiger charge is 2.65. The molecule has 2 rings (SSSR count). The molecule has 1 aromatic carbocycles. The molecule has 1 amide bonds. The van der Waals surface area contributed by atoms with E-state index in [4.69, 9.17) is 17.3 Å². The molecule has 1 aliphatic carbocycles. The van der Waals surface area contributed by atoms with E-state index in [0.29, 0.717) is 16.3 Å². The Hall–Kier alpha value is -1.22. The fraction of sp³-hybridized carbons (Fsp3) is 0.500. The molecule has 0 heterocycles. The summed E-state index contributed by atoms with van der Waals surface area (Å²) in [7, 11) is 0. The molecule has 0 saturated heterocycles. The van der Waals surface area contributed by atoms with Crippen LogP contribution in [0.5, 0.6) is 0 Å². The first-order chi connectivity index (χ1) is 8.18. The van der Waals surface area contributed by atoms with Crippen molar-refractivity contribution in [2.75, 3.05) is 5.73 Å². The average Bonchev–Trinajstić information content (AvgIpc) is 2.60. The Bertz CT molecular complexity index is 495. The Morgan fingerprint density at radius 2 is 1.83 bits per heavy atom. The minimum atomic E-state index is -0.132. The lowest BCUT2D eigenvalue weighted by molar-refractivity contribution is 0.0944. The van der Waals surface area contributed by atoms with Crippen molar-refractivity contribution in [3.05, 3.63) is 28.8 Å². The van der Waals surface area contributed by atoms with Crippen molar-refractivity contribution in [2.24, 2.45) is 10.8 Å². The van der Waals surface area contributed by atoms with E-state index >= 15 is 0 Å². The van der Waals surface area contributed by atoms with Crippen molar-refractivity contribution >= 4 is 23.2 Å². The highest BCUT2D eigenvalue weighted by Crippen LogP contribution is 2.62. The minimum absolute atomic E-state index is 0.115. The molecule has 1 aromatic rings. The van der Waals surface area contributed by atoms with Crippen LogP contribution in [-0.4, -0.2) is 11.9 Å². The predicted molar refractivity (Wildman–Crippen MR) is 74.7 cm³/mol. The number of rotatable bonds is 2. The van der Waals surface area contributed by atoms with E-state index in [-0.39, 0.29) is 22.8 Å². The summed E-state index contributed by atoms with van der Waals surface area (Å²) >= 11 is 5.82. The Kier molecular flexibility index (Phi) is 2.85. The van der Waals surface area contributed by atoms with E-state index < -0.39 is 0 Å². The summed E-state index contributed by atoms with van der Waals surface area (Å²) in [5, 5.41) is 3.59. The molecule has 1 fully saturated rings. The molecule has 0 aromatic heterocycles. The molecule has 1 aliphatic rings. The van der Waals surface area contributed by atoms with Crippen LogP contribution in [0.25, 0.3) is 0 Å². The van der Waals surface area contributed by atoms with Crippen molar-refractivity contribution in [2.45, 2.75) is 33.7 Å². The summed E-state index contributed by atoms with van der Waals surface area (Å²) in [6.07, 6.45) is 0. The first kappa shape index (κ1) is 13.2. The number of nitrogen functional groups attached to an aromatic ring is 1. The van der Waals surface area contributed by atoms with Crippen molar-refractivity contribution in [1.82, 2.24) is 5.32 Å². The first-order valence-electron chi connectivity index (χ1n) is 6.04. The highest BCUT2D eigenvalue weighted by atomic mass is 35.5. The van der Waals surface area contributed by atoms with Crippen molar-refractivity contribution in [3.8, 4) is 0 Å². The third kappa shape index (κ3) is 1.87. The quantitative estimate of drug-likeness (QED) is 0.809. The lowest BCUT2D eigenvalue weighted by atomic mass is 10.0. The zero-order valence-corrected chi connectivity index (χ0v) is 11.9. The van der Waals surface area contributed by atoms with Gasteiger partial charge in [-0.15, -0.1) is 0 Å². The third-order valence-electron chi connectivity index (χ3n) is 4.55. The van der Waals surface area contributed by atoms with Crippen LogP contribution < -0.4 is 11.1 Å². The molecule has 0 atom stereocenters. The second-order valence-electron chi connectivity index (χ2n) is 6.08. The van der Waals surface area contributed by atoms with Gasteiger partial charge in [0.05, 0.1) is 5.56 Å². The van der Waals surface area contributed by atoms with Gasteiger partial charge in [-0.3, -0.25) is 4.79 Å². The number of halogens is 1. The zero-order chi connectivity index (χ0) is 13.7. The SMILES string of the molecule is CC1(C)C(NC(=O)c2ccc(Cl)cc2N)C1(C)C. The fourth-order valence-electron chi connectivity index (χ4n) is 2.51. The lowest BCUT2D eigenvalue weighted by Gasteiger charge is -2.09. The third-order valence-corrected chi connectivity index (χ3v) is 4.79. The number of hydrogen-bond acceptors (Lipinski definition) is 2. The standard InChI is InChI=1S/C14H19ClN2O/c1-13(2)12(14(13,3)4)17-11(18)9-6-5-8(15)7-10(9)16/h5-7,12H,16H2,1-4H3,(H,17,18). The van der Waals surface area contributed by atoms with Crippen molar-refractivity contribution in [1.29, 1.82) is 0 Å². The summed E-state index contributed by atoms with van der Waals surface area (Å²) in [4.78, 5) is 12.2. The van der Waals surface area contributed by atoms with E-state index in [0.717, 1.165) is 0 Å². The average molecular weight is 267 g/mol. The smallest absolute Gasteiger partial charge is 0.253 e. The van der Waals surface area contributed by atoms with Gasteiger partial charge in [0.1, 0.15) is 0 Å². The summed E-state index contributed by atoms with van der Waals surface area (Å²) in [6, 6.07) is 5.11. The number of amides is 1. The number of nitrogens with one attached hydrogen (secondary N) is 1. The fourth-order valence-corrected chi connectivity index (χ4v) is 2.69. The number of carbonyl (C=O) groups excluding carboxylic acids is 1. The molecule has 0 spiro atoms. The summed E-state index contributed by atoms with van der Waals surface area (Å²) in [5.74, 6) is -0.132. The molecular weight excluding hydrogens is 248 g/mol. The van der Waals surface area contributed by atoms with Gasteiger partial charge in [0.2, 0.25) is 0 Å². The van der Waals surface area contributed by atoms with Crippen LogP contribution in [0.3, 0.4) is 0 Å².